The third-order valence-electron chi connectivity index (χ3n) is 2.15. The van der Waals surface area contributed by atoms with E-state index in [1.165, 1.54) is 14.0 Å². The second-order valence-electron chi connectivity index (χ2n) is 3.58. The number of aryl methyl sites for hydroxylation is 1. The molecule has 10 heteroatoms. The van der Waals surface area contributed by atoms with Crippen LogP contribution in [0.25, 0.3) is 0 Å². The zero-order valence-corrected chi connectivity index (χ0v) is 11.4. The second kappa shape index (κ2) is 6.55. The van der Waals surface area contributed by atoms with Gasteiger partial charge in [0.05, 0.1) is 11.4 Å². The van der Waals surface area contributed by atoms with E-state index in [1.807, 2.05) is 0 Å². The highest BCUT2D eigenvalue weighted by atomic mass is 32.2. The van der Waals surface area contributed by atoms with E-state index in [0.29, 0.717) is 0 Å². The molecule has 1 heterocycles. The van der Waals surface area contributed by atoms with E-state index in [9.17, 15) is 21.6 Å². The molecule has 0 aliphatic heterocycles. The number of hydrogen-bond acceptors (Lipinski definition) is 6. The SMILES string of the molecule is CON=Cc1oc(S(=O)(=O)CCC(F)=C(F)F)nc1C. The summed E-state index contributed by atoms with van der Waals surface area (Å²) in [4.78, 5) is 8.02. The molecule has 0 unspecified atom stereocenters. The topological polar surface area (TPSA) is 81.8 Å². The summed E-state index contributed by atoms with van der Waals surface area (Å²) in [5.74, 6) is -2.62. The Labute approximate surface area is 112 Å². The number of oxime groups is 1. The Kier molecular flexibility index (Phi) is 5.31. The molecular weight excluding hydrogens is 301 g/mol. The Morgan fingerprint density at radius 2 is 2.10 bits per heavy atom. The average Bonchev–Trinajstić information content (AvgIpc) is 2.75. The molecule has 0 saturated carbocycles. The first-order valence-corrected chi connectivity index (χ1v) is 6.89. The van der Waals surface area contributed by atoms with Crippen molar-refractivity contribution in [3.05, 3.63) is 23.4 Å². The van der Waals surface area contributed by atoms with Gasteiger partial charge in [-0.3, -0.25) is 0 Å². The van der Waals surface area contributed by atoms with Crippen molar-refractivity contribution < 1.29 is 30.8 Å². The lowest BCUT2D eigenvalue weighted by atomic mass is 10.4. The third-order valence-corrected chi connectivity index (χ3v) is 3.60. The van der Waals surface area contributed by atoms with Gasteiger partial charge < -0.3 is 9.25 Å². The highest BCUT2D eigenvalue weighted by Gasteiger charge is 2.24. The van der Waals surface area contributed by atoms with Crippen LogP contribution in [0.5, 0.6) is 0 Å². The Hall–Kier alpha value is -1.84. The number of nitrogens with zero attached hydrogens (tertiary/aromatic N) is 2. The van der Waals surface area contributed by atoms with Crippen LogP contribution in [-0.4, -0.2) is 32.5 Å². The first-order chi connectivity index (χ1) is 9.27. The molecular formula is C10H11F3N2O4S. The minimum atomic E-state index is -4.10. The molecule has 0 radical (unpaired) electrons. The van der Waals surface area contributed by atoms with Gasteiger partial charge in [-0.2, -0.15) is 8.78 Å². The molecule has 1 aromatic rings. The van der Waals surface area contributed by atoms with Crippen LogP contribution in [0.2, 0.25) is 0 Å². The Morgan fingerprint density at radius 1 is 1.45 bits per heavy atom. The van der Waals surface area contributed by atoms with Gasteiger partial charge in [-0.1, -0.05) is 5.16 Å². The zero-order valence-electron chi connectivity index (χ0n) is 10.6. The normalized spacial score (nSPS) is 11.8. The number of halogens is 3. The van der Waals surface area contributed by atoms with E-state index >= 15 is 0 Å². The number of oxazole rings is 1. The molecule has 0 bridgehead atoms. The molecule has 20 heavy (non-hydrogen) atoms. The summed E-state index contributed by atoms with van der Waals surface area (Å²) in [6.45, 7) is 1.46. The number of allylic oxidation sites excluding steroid dienone is 1. The van der Waals surface area contributed by atoms with Crippen LogP contribution in [0.3, 0.4) is 0 Å². The van der Waals surface area contributed by atoms with E-state index in [1.54, 1.807) is 0 Å². The number of rotatable bonds is 6. The largest absolute Gasteiger partial charge is 0.427 e. The van der Waals surface area contributed by atoms with Crippen molar-refractivity contribution in [2.45, 2.75) is 18.6 Å². The summed E-state index contributed by atoms with van der Waals surface area (Å²) in [5.41, 5.74) is 0.220. The van der Waals surface area contributed by atoms with Crippen molar-refractivity contribution >= 4 is 16.1 Å². The number of hydrogen-bond donors (Lipinski definition) is 0. The molecule has 1 rings (SSSR count). The van der Waals surface area contributed by atoms with Crippen molar-refractivity contribution in [1.82, 2.24) is 4.98 Å². The van der Waals surface area contributed by atoms with Crippen LogP contribution in [0.4, 0.5) is 13.2 Å². The van der Waals surface area contributed by atoms with E-state index in [0.717, 1.165) is 6.21 Å². The minimum Gasteiger partial charge on any atom is -0.427 e. The highest BCUT2D eigenvalue weighted by Crippen LogP contribution is 2.19. The predicted octanol–water partition coefficient (Wildman–Crippen LogP) is 2.20. The Balaban J connectivity index is 2.94. The summed E-state index contributed by atoms with van der Waals surface area (Å²) >= 11 is 0. The summed E-state index contributed by atoms with van der Waals surface area (Å²) in [7, 11) is -2.83. The molecule has 0 aliphatic rings. The number of sulfone groups is 1. The maximum Gasteiger partial charge on any atom is 0.315 e. The van der Waals surface area contributed by atoms with E-state index in [4.69, 9.17) is 4.42 Å². The van der Waals surface area contributed by atoms with Crippen LogP contribution < -0.4 is 0 Å². The molecule has 112 valence electrons. The van der Waals surface area contributed by atoms with Crippen molar-refractivity contribution in [3.8, 4) is 0 Å². The van der Waals surface area contributed by atoms with Crippen molar-refractivity contribution in [2.75, 3.05) is 12.9 Å². The van der Waals surface area contributed by atoms with Crippen LogP contribution in [0, 0.1) is 6.92 Å². The van der Waals surface area contributed by atoms with Gasteiger partial charge in [0, 0.05) is 6.42 Å². The van der Waals surface area contributed by atoms with E-state index in [-0.39, 0.29) is 11.5 Å². The average molecular weight is 312 g/mol. The first-order valence-electron chi connectivity index (χ1n) is 5.24. The smallest absolute Gasteiger partial charge is 0.315 e. The van der Waals surface area contributed by atoms with Gasteiger partial charge in [-0.15, -0.1) is 0 Å². The van der Waals surface area contributed by atoms with Gasteiger partial charge in [0.15, 0.2) is 11.6 Å². The van der Waals surface area contributed by atoms with Crippen molar-refractivity contribution in [2.24, 2.45) is 5.16 Å². The van der Waals surface area contributed by atoms with Crippen LogP contribution in [0.15, 0.2) is 26.7 Å². The summed E-state index contributed by atoms with van der Waals surface area (Å²) < 4.78 is 64.7. The van der Waals surface area contributed by atoms with Crippen LogP contribution >= 0.6 is 0 Å². The molecule has 0 fully saturated rings. The van der Waals surface area contributed by atoms with Crippen LogP contribution in [0.1, 0.15) is 17.9 Å². The maximum absolute atomic E-state index is 12.6. The van der Waals surface area contributed by atoms with Gasteiger partial charge in [0.2, 0.25) is 9.84 Å². The van der Waals surface area contributed by atoms with Crippen LogP contribution in [-0.2, 0) is 14.7 Å². The fourth-order valence-electron chi connectivity index (χ4n) is 1.14. The van der Waals surface area contributed by atoms with Crippen molar-refractivity contribution in [3.63, 3.8) is 0 Å². The minimum absolute atomic E-state index is 0.0399. The molecule has 0 atom stereocenters. The van der Waals surface area contributed by atoms with Gasteiger partial charge >= 0.3 is 11.3 Å². The fraction of sp³-hybridized carbons (Fsp3) is 0.400. The molecule has 6 nitrogen and oxygen atoms in total. The predicted molar refractivity (Wildman–Crippen MR) is 62.9 cm³/mol. The highest BCUT2D eigenvalue weighted by molar-refractivity contribution is 7.91. The molecule has 0 N–H and O–H groups in total. The Bertz CT molecular complexity index is 633. The number of aromatic nitrogens is 1. The zero-order chi connectivity index (χ0) is 15.3. The van der Waals surface area contributed by atoms with Gasteiger partial charge in [0.25, 0.3) is 0 Å². The van der Waals surface area contributed by atoms with Gasteiger partial charge in [0.1, 0.15) is 13.3 Å². The molecule has 1 aromatic heterocycles. The lowest BCUT2D eigenvalue weighted by Crippen LogP contribution is -2.07. The molecule has 0 amide bonds. The maximum atomic E-state index is 12.6. The monoisotopic (exact) mass is 312 g/mol. The van der Waals surface area contributed by atoms with Crippen molar-refractivity contribution in [1.29, 1.82) is 0 Å². The lowest BCUT2D eigenvalue weighted by molar-refractivity contribution is 0.214. The molecule has 0 aliphatic carbocycles. The van der Waals surface area contributed by atoms with E-state index in [2.05, 4.69) is 15.0 Å². The molecule has 0 saturated heterocycles. The standard InChI is InChI=1S/C10H11F3N2O4S/c1-6-8(5-14-18-2)19-10(15-6)20(16,17)4-3-7(11)9(12)13/h5H,3-4H2,1-2H3. The summed E-state index contributed by atoms with van der Waals surface area (Å²) in [6.07, 6.45) is -2.40. The van der Waals surface area contributed by atoms with Gasteiger partial charge in [-0.05, 0) is 6.92 Å². The van der Waals surface area contributed by atoms with Gasteiger partial charge in [-0.25, -0.2) is 17.8 Å². The Morgan fingerprint density at radius 3 is 2.65 bits per heavy atom. The molecule has 0 spiro atoms. The third kappa shape index (κ3) is 4.08. The summed E-state index contributed by atoms with van der Waals surface area (Å²) in [5, 5.41) is 2.69. The quantitative estimate of drug-likeness (QED) is 0.594. The lowest BCUT2D eigenvalue weighted by Gasteiger charge is -1.97. The first kappa shape index (κ1) is 16.2. The molecule has 0 aromatic carbocycles. The second-order valence-corrected chi connectivity index (χ2v) is 5.57. The van der Waals surface area contributed by atoms with E-state index < -0.39 is 39.1 Å². The fourth-order valence-corrected chi connectivity index (χ4v) is 2.26. The summed E-state index contributed by atoms with van der Waals surface area (Å²) in [6, 6.07) is 0.